The zero-order valence-corrected chi connectivity index (χ0v) is 18.7. The standard InChI is InChI=1S/C22H17ClF3N5OS/c23-18-19(21(32)30-9-2-1-6-15(30)13-5-3-8-27-12-13)29-31-17(22(24,25)26)11-14(28-20(18)31)16-7-4-10-33-16/h3-5,7-8,10-12,15H,1-2,6,9H2/t15-/m0/s1. The Bertz CT molecular complexity index is 1310. The SMILES string of the molecule is O=C(c1nn2c(C(F)(F)F)cc(-c3cccs3)nc2c1Cl)N1CCCC[C@H]1c1cccnc1. The predicted molar refractivity (Wildman–Crippen MR) is 118 cm³/mol. The topological polar surface area (TPSA) is 63.4 Å². The first kappa shape index (κ1) is 21.8. The lowest BCUT2D eigenvalue weighted by molar-refractivity contribution is -0.142. The molecule has 0 radical (unpaired) electrons. The second-order valence-corrected chi connectivity index (χ2v) is 9.02. The van der Waals surface area contributed by atoms with Crippen LogP contribution in [0.3, 0.4) is 0 Å². The van der Waals surface area contributed by atoms with Crippen LogP contribution in [0.5, 0.6) is 0 Å². The van der Waals surface area contributed by atoms with E-state index in [9.17, 15) is 18.0 Å². The highest BCUT2D eigenvalue weighted by molar-refractivity contribution is 7.13. The van der Waals surface area contributed by atoms with E-state index in [4.69, 9.17) is 11.6 Å². The highest BCUT2D eigenvalue weighted by Gasteiger charge is 2.38. The normalized spacial score (nSPS) is 17.0. The van der Waals surface area contributed by atoms with Crippen LogP contribution >= 0.6 is 22.9 Å². The first-order chi connectivity index (χ1) is 15.8. The van der Waals surface area contributed by atoms with Gasteiger partial charge in [0.05, 0.1) is 16.6 Å². The fourth-order valence-electron chi connectivity index (χ4n) is 4.11. The summed E-state index contributed by atoms with van der Waals surface area (Å²) in [5.41, 5.74) is -0.502. The molecule has 0 saturated carbocycles. The van der Waals surface area contributed by atoms with Gasteiger partial charge in [-0.25, -0.2) is 9.50 Å². The summed E-state index contributed by atoms with van der Waals surface area (Å²) in [6.07, 6.45) is 1.04. The Morgan fingerprint density at radius 1 is 1.21 bits per heavy atom. The molecule has 1 aliphatic heterocycles. The number of piperidine rings is 1. The van der Waals surface area contributed by atoms with Gasteiger partial charge in [-0.2, -0.15) is 18.3 Å². The average molecular weight is 492 g/mol. The van der Waals surface area contributed by atoms with Gasteiger partial charge >= 0.3 is 6.18 Å². The fraction of sp³-hybridized carbons (Fsp3) is 0.273. The molecule has 1 amide bonds. The number of alkyl halides is 3. The summed E-state index contributed by atoms with van der Waals surface area (Å²) in [4.78, 5) is 24.1. The Hall–Kier alpha value is -2.98. The van der Waals surface area contributed by atoms with Crippen LogP contribution in [0.2, 0.25) is 5.02 Å². The highest BCUT2D eigenvalue weighted by Crippen LogP contribution is 2.37. The van der Waals surface area contributed by atoms with Gasteiger partial charge in [-0.3, -0.25) is 9.78 Å². The summed E-state index contributed by atoms with van der Waals surface area (Å²) in [6.45, 7) is 0.447. The summed E-state index contributed by atoms with van der Waals surface area (Å²) in [6, 6.07) is 7.74. The van der Waals surface area contributed by atoms with E-state index in [1.54, 1.807) is 40.9 Å². The van der Waals surface area contributed by atoms with Crippen molar-refractivity contribution in [1.29, 1.82) is 0 Å². The van der Waals surface area contributed by atoms with Crippen molar-refractivity contribution in [2.75, 3.05) is 6.54 Å². The van der Waals surface area contributed by atoms with Gasteiger partial charge in [0.15, 0.2) is 17.0 Å². The second kappa shape index (κ2) is 8.42. The first-order valence-electron chi connectivity index (χ1n) is 10.3. The molecule has 0 bridgehead atoms. The van der Waals surface area contributed by atoms with E-state index in [1.807, 2.05) is 6.07 Å². The van der Waals surface area contributed by atoms with E-state index in [2.05, 4.69) is 15.1 Å². The average Bonchev–Trinajstić information content (AvgIpc) is 3.47. The molecule has 4 aromatic rings. The van der Waals surface area contributed by atoms with Crippen LogP contribution in [-0.4, -0.2) is 36.9 Å². The molecule has 1 saturated heterocycles. The van der Waals surface area contributed by atoms with Crippen LogP contribution < -0.4 is 0 Å². The minimum Gasteiger partial charge on any atom is -0.330 e. The monoisotopic (exact) mass is 491 g/mol. The molecule has 0 aliphatic carbocycles. The molecule has 0 spiro atoms. The van der Waals surface area contributed by atoms with Crippen molar-refractivity contribution in [2.24, 2.45) is 0 Å². The Morgan fingerprint density at radius 3 is 2.76 bits per heavy atom. The Labute approximate surface area is 195 Å². The predicted octanol–water partition coefficient (Wildman–Crippen LogP) is 5.89. The molecule has 0 aromatic carbocycles. The molecule has 1 fully saturated rings. The van der Waals surface area contributed by atoms with Crippen LogP contribution in [0.15, 0.2) is 48.1 Å². The molecule has 33 heavy (non-hydrogen) atoms. The number of thiophene rings is 1. The number of nitrogens with zero attached hydrogens (tertiary/aromatic N) is 5. The first-order valence-corrected chi connectivity index (χ1v) is 11.5. The summed E-state index contributed by atoms with van der Waals surface area (Å²) in [7, 11) is 0. The van der Waals surface area contributed by atoms with E-state index < -0.39 is 17.8 Å². The van der Waals surface area contributed by atoms with Gasteiger partial charge in [0.1, 0.15) is 5.02 Å². The van der Waals surface area contributed by atoms with Crippen molar-refractivity contribution in [2.45, 2.75) is 31.5 Å². The number of hydrogen-bond acceptors (Lipinski definition) is 5. The number of carbonyl (C=O) groups is 1. The van der Waals surface area contributed by atoms with E-state index in [0.717, 1.165) is 30.9 Å². The fourth-order valence-corrected chi connectivity index (χ4v) is 5.04. The van der Waals surface area contributed by atoms with E-state index >= 15 is 0 Å². The summed E-state index contributed by atoms with van der Waals surface area (Å²) >= 11 is 7.71. The Balaban J connectivity index is 1.62. The van der Waals surface area contributed by atoms with E-state index in [-0.39, 0.29) is 28.1 Å². The quantitative estimate of drug-likeness (QED) is 0.358. The molecule has 1 atom stereocenters. The summed E-state index contributed by atoms with van der Waals surface area (Å²) in [5.74, 6) is -0.523. The van der Waals surface area contributed by atoms with E-state index in [1.165, 1.54) is 11.3 Å². The number of hydrogen-bond donors (Lipinski definition) is 0. The molecule has 1 aliphatic rings. The van der Waals surface area contributed by atoms with E-state index in [0.29, 0.717) is 15.9 Å². The molecule has 0 unspecified atom stereocenters. The molecule has 4 aromatic heterocycles. The van der Waals surface area contributed by atoms with Crippen molar-refractivity contribution < 1.29 is 18.0 Å². The zero-order chi connectivity index (χ0) is 23.2. The highest BCUT2D eigenvalue weighted by atomic mass is 35.5. The third-order valence-corrected chi connectivity index (χ3v) is 6.87. The maximum atomic E-state index is 13.9. The third-order valence-electron chi connectivity index (χ3n) is 5.63. The Morgan fingerprint density at radius 2 is 2.06 bits per heavy atom. The minimum absolute atomic E-state index is 0.122. The number of pyridine rings is 1. The van der Waals surface area contributed by atoms with Gasteiger partial charge in [-0.05, 0) is 48.4 Å². The molecular formula is C22H17ClF3N5OS. The van der Waals surface area contributed by atoms with Crippen molar-refractivity contribution >= 4 is 34.5 Å². The summed E-state index contributed by atoms with van der Waals surface area (Å²) < 4.78 is 42.3. The van der Waals surface area contributed by atoms with Crippen molar-refractivity contribution in [3.05, 3.63) is 70.1 Å². The summed E-state index contributed by atoms with van der Waals surface area (Å²) in [5, 5.41) is 5.55. The number of carbonyl (C=O) groups excluding carboxylic acids is 1. The smallest absolute Gasteiger partial charge is 0.330 e. The molecular weight excluding hydrogens is 475 g/mol. The van der Waals surface area contributed by atoms with Crippen LogP contribution in [-0.2, 0) is 6.18 Å². The van der Waals surface area contributed by atoms with Crippen LogP contribution in [0, 0.1) is 0 Å². The number of fused-ring (bicyclic) bond motifs is 1. The number of likely N-dealkylation sites (tertiary alicyclic amines) is 1. The molecule has 170 valence electrons. The van der Waals surface area contributed by atoms with Gasteiger partial charge in [0, 0.05) is 18.9 Å². The van der Waals surface area contributed by atoms with Crippen molar-refractivity contribution in [1.82, 2.24) is 24.5 Å². The van der Waals surface area contributed by atoms with Crippen molar-refractivity contribution in [3.63, 3.8) is 0 Å². The number of aromatic nitrogens is 4. The number of amides is 1. The second-order valence-electron chi connectivity index (χ2n) is 7.70. The lowest BCUT2D eigenvalue weighted by Gasteiger charge is -2.35. The van der Waals surface area contributed by atoms with Crippen LogP contribution in [0.4, 0.5) is 13.2 Å². The maximum absolute atomic E-state index is 13.9. The molecule has 0 N–H and O–H groups in total. The lowest BCUT2D eigenvalue weighted by Crippen LogP contribution is -2.39. The molecule has 5 heterocycles. The van der Waals surface area contributed by atoms with Gasteiger partial charge < -0.3 is 4.90 Å². The van der Waals surface area contributed by atoms with Gasteiger partial charge in [0.2, 0.25) is 0 Å². The lowest BCUT2D eigenvalue weighted by atomic mass is 9.96. The van der Waals surface area contributed by atoms with Crippen LogP contribution in [0.25, 0.3) is 16.2 Å². The molecule has 11 heteroatoms. The van der Waals surface area contributed by atoms with Crippen LogP contribution in [0.1, 0.15) is 47.1 Å². The van der Waals surface area contributed by atoms with Gasteiger partial charge in [-0.1, -0.05) is 23.7 Å². The number of halogens is 4. The van der Waals surface area contributed by atoms with Crippen molar-refractivity contribution in [3.8, 4) is 10.6 Å². The molecule has 6 nitrogen and oxygen atoms in total. The van der Waals surface area contributed by atoms with Gasteiger partial charge in [0.25, 0.3) is 5.91 Å². The maximum Gasteiger partial charge on any atom is 0.433 e. The Kier molecular flexibility index (Phi) is 5.57. The molecule has 5 rings (SSSR count). The number of rotatable bonds is 3. The van der Waals surface area contributed by atoms with Gasteiger partial charge in [-0.15, -0.1) is 11.3 Å². The largest absolute Gasteiger partial charge is 0.433 e. The third kappa shape index (κ3) is 3.97. The zero-order valence-electron chi connectivity index (χ0n) is 17.1. The minimum atomic E-state index is -4.72.